The summed E-state index contributed by atoms with van der Waals surface area (Å²) in [5.74, 6) is 0.533. The molecule has 92 valence electrons. The van der Waals surface area contributed by atoms with Crippen LogP contribution in [0.2, 0.25) is 0 Å². The molecule has 0 amide bonds. The van der Waals surface area contributed by atoms with Crippen molar-refractivity contribution in [2.24, 2.45) is 17.1 Å². The first-order valence-corrected chi connectivity index (χ1v) is 6.21. The third kappa shape index (κ3) is 4.98. The zero-order chi connectivity index (χ0) is 12.1. The lowest BCUT2D eigenvalue weighted by atomic mass is 9.79. The molecule has 0 aliphatic rings. The maximum Gasteiger partial charge on any atom is 0.0776 e. The summed E-state index contributed by atoms with van der Waals surface area (Å²) in [6.07, 6.45) is 2.53. The molecule has 0 spiro atoms. The summed E-state index contributed by atoms with van der Waals surface area (Å²) in [5, 5.41) is 0. The number of nitrogens with two attached hydrogens (primary N) is 1. The molecule has 2 N–H and O–H groups in total. The molecule has 0 fully saturated rings. The third-order valence-electron chi connectivity index (χ3n) is 2.95. The molecule has 0 aromatic heterocycles. The van der Waals surface area contributed by atoms with Gasteiger partial charge in [-0.15, -0.1) is 0 Å². The summed E-state index contributed by atoms with van der Waals surface area (Å²) in [7, 11) is 0. The van der Waals surface area contributed by atoms with Crippen molar-refractivity contribution in [2.45, 2.75) is 66.5 Å². The van der Waals surface area contributed by atoms with Gasteiger partial charge >= 0.3 is 0 Å². The smallest absolute Gasteiger partial charge is 0.0776 e. The van der Waals surface area contributed by atoms with Crippen molar-refractivity contribution in [3.63, 3.8) is 0 Å². The number of rotatable bonds is 6. The lowest BCUT2D eigenvalue weighted by molar-refractivity contribution is -0.0387. The van der Waals surface area contributed by atoms with Crippen LogP contribution in [0.25, 0.3) is 0 Å². The zero-order valence-electron chi connectivity index (χ0n) is 11.3. The van der Waals surface area contributed by atoms with Crippen molar-refractivity contribution in [3.8, 4) is 0 Å². The summed E-state index contributed by atoms with van der Waals surface area (Å²) in [6, 6.07) is 0.143. The molecule has 0 saturated carbocycles. The van der Waals surface area contributed by atoms with E-state index in [4.69, 9.17) is 10.5 Å². The van der Waals surface area contributed by atoms with Crippen LogP contribution in [0, 0.1) is 11.3 Å². The van der Waals surface area contributed by atoms with E-state index in [9.17, 15) is 0 Å². The van der Waals surface area contributed by atoms with Gasteiger partial charge in [0.2, 0.25) is 0 Å². The predicted octanol–water partition coefficient (Wildman–Crippen LogP) is 3.20. The van der Waals surface area contributed by atoms with Gasteiger partial charge in [-0.2, -0.15) is 0 Å². The van der Waals surface area contributed by atoms with Crippen LogP contribution in [-0.2, 0) is 4.74 Å². The fourth-order valence-electron chi connectivity index (χ4n) is 2.06. The van der Waals surface area contributed by atoms with Gasteiger partial charge in [0.15, 0.2) is 0 Å². The Kier molecular flexibility index (Phi) is 6.46. The first-order valence-electron chi connectivity index (χ1n) is 6.21. The molecule has 2 heteroatoms. The van der Waals surface area contributed by atoms with Crippen molar-refractivity contribution < 1.29 is 4.74 Å². The van der Waals surface area contributed by atoms with Crippen LogP contribution in [0.5, 0.6) is 0 Å². The maximum atomic E-state index is 6.29. The number of hydrogen-bond acceptors (Lipinski definition) is 2. The zero-order valence-corrected chi connectivity index (χ0v) is 11.3. The van der Waals surface area contributed by atoms with E-state index in [0.29, 0.717) is 5.92 Å². The van der Waals surface area contributed by atoms with Gasteiger partial charge in [0, 0.05) is 12.6 Å². The van der Waals surface area contributed by atoms with E-state index in [1.807, 2.05) is 6.92 Å². The Bertz CT molecular complexity index is 162. The minimum absolute atomic E-state index is 0.122. The molecule has 0 aromatic carbocycles. The second kappa shape index (κ2) is 6.49. The summed E-state index contributed by atoms with van der Waals surface area (Å²) >= 11 is 0. The minimum Gasteiger partial charge on any atom is -0.376 e. The Morgan fingerprint density at radius 2 is 1.73 bits per heavy atom. The monoisotopic (exact) mass is 215 g/mol. The highest BCUT2D eigenvalue weighted by atomic mass is 16.5. The Morgan fingerprint density at radius 1 is 1.20 bits per heavy atom. The van der Waals surface area contributed by atoms with Crippen LogP contribution < -0.4 is 5.73 Å². The number of hydrogen-bond donors (Lipinski definition) is 1. The van der Waals surface area contributed by atoms with E-state index < -0.39 is 0 Å². The van der Waals surface area contributed by atoms with Crippen molar-refractivity contribution >= 4 is 0 Å². The fourth-order valence-corrected chi connectivity index (χ4v) is 2.06. The van der Waals surface area contributed by atoms with Crippen LogP contribution in [0.1, 0.15) is 54.4 Å². The van der Waals surface area contributed by atoms with E-state index in [-0.39, 0.29) is 17.6 Å². The summed E-state index contributed by atoms with van der Waals surface area (Å²) in [4.78, 5) is 0. The van der Waals surface area contributed by atoms with Crippen molar-refractivity contribution in [1.29, 1.82) is 0 Å². The summed E-state index contributed by atoms with van der Waals surface area (Å²) in [5.41, 5.74) is 6.42. The predicted molar refractivity (Wildman–Crippen MR) is 66.9 cm³/mol. The first-order chi connectivity index (χ1) is 6.84. The molecule has 0 aliphatic heterocycles. The molecule has 2 nitrogen and oxygen atoms in total. The third-order valence-corrected chi connectivity index (χ3v) is 2.95. The van der Waals surface area contributed by atoms with Crippen LogP contribution in [0.3, 0.4) is 0 Å². The molecule has 0 rings (SSSR count). The van der Waals surface area contributed by atoms with Gasteiger partial charge in [-0.1, -0.05) is 41.0 Å². The van der Waals surface area contributed by atoms with Gasteiger partial charge in [-0.25, -0.2) is 0 Å². The first kappa shape index (κ1) is 14.9. The van der Waals surface area contributed by atoms with Crippen molar-refractivity contribution in [2.75, 3.05) is 6.61 Å². The topological polar surface area (TPSA) is 35.2 Å². The Labute approximate surface area is 95.6 Å². The molecule has 15 heavy (non-hydrogen) atoms. The molecule has 0 bridgehead atoms. The second-order valence-electron chi connectivity index (χ2n) is 5.59. The lowest BCUT2D eigenvalue weighted by Crippen LogP contribution is -2.48. The Morgan fingerprint density at radius 3 is 2.07 bits per heavy atom. The largest absolute Gasteiger partial charge is 0.376 e. The van der Waals surface area contributed by atoms with Crippen LogP contribution in [0.15, 0.2) is 0 Å². The molecular formula is C13H29NO. The highest BCUT2D eigenvalue weighted by molar-refractivity contribution is 4.87. The van der Waals surface area contributed by atoms with Crippen LogP contribution in [0.4, 0.5) is 0 Å². The highest BCUT2D eigenvalue weighted by Crippen LogP contribution is 2.28. The molecule has 0 saturated heterocycles. The van der Waals surface area contributed by atoms with E-state index in [1.165, 1.54) is 12.8 Å². The van der Waals surface area contributed by atoms with Gasteiger partial charge in [-0.3, -0.25) is 0 Å². The molecule has 3 unspecified atom stereocenters. The van der Waals surface area contributed by atoms with Gasteiger partial charge in [-0.05, 0) is 24.7 Å². The van der Waals surface area contributed by atoms with Gasteiger partial charge < -0.3 is 10.5 Å². The van der Waals surface area contributed by atoms with E-state index >= 15 is 0 Å². The van der Waals surface area contributed by atoms with E-state index in [0.717, 1.165) is 6.61 Å². The minimum atomic E-state index is 0.122. The Balaban J connectivity index is 4.47. The lowest BCUT2D eigenvalue weighted by Gasteiger charge is -2.37. The second-order valence-corrected chi connectivity index (χ2v) is 5.59. The number of ether oxygens (including phenoxy) is 1. The molecular weight excluding hydrogens is 186 g/mol. The van der Waals surface area contributed by atoms with Gasteiger partial charge in [0.05, 0.1) is 6.10 Å². The molecule has 0 aromatic rings. The van der Waals surface area contributed by atoms with Gasteiger partial charge in [0.25, 0.3) is 0 Å². The standard InChI is InChI=1S/C13H29NO/c1-7-9-10(3)11(14)12(15-8-2)13(4,5)6/h10-12H,7-9,14H2,1-6H3. The molecule has 0 radical (unpaired) electrons. The van der Waals surface area contributed by atoms with Crippen molar-refractivity contribution in [3.05, 3.63) is 0 Å². The fraction of sp³-hybridized carbons (Fsp3) is 1.00. The van der Waals surface area contributed by atoms with Crippen LogP contribution >= 0.6 is 0 Å². The Hall–Kier alpha value is -0.0800. The average Bonchev–Trinajstić information content (AvgIpc) is 2.11. The molecule has 3 atom stereocenters. The SMILES string of the molecule is CCCC(C)C(N)C(OCC)C(C)(C)C. The summed E-state index contributed by atoms with van der Waals surface area (Å²) < 4.78 is 5.81. The summed E-state index contributed by atoms with van der Waals surface area (Å²) in [6.45, 7) is 13.8. The van der Waals surface area contributed by atoms with Crippen molar-refractivity contribution in [1.82, 2.24) is 0 Å². The highest BCUT2D eigenvalue weighted by Gasteiger charge is 2.33. The van der Waals surface area contributed by atoms with E-state index in [1.54, 1.807) is 0 Å². The molecule has 0 heterocycles. The molecule has 0 aliphatic carbocycles. The van der Waals surface area contributed by atoms with Gasteiger partial charge in [0.1, 0.15) is 0 Å². The average molecular weight is 215 g/mol. The quantitative estimate of drug-likeness (QED) is 0.738. The van der Waals surface area contributed by atoms with Crippen LogP contribution in [-0.4, -0.2) is 18.8 Å². The maximum absolute atomic E-state index is 6.29. The van der Waals surface area contributed by atoms with E-state index in [2.05, 4.69) is 34.6 Å². The normalized spacial score (nSPS) is 18.6.